The normalized spacial score (nSPS) is 20.8. The van der Waals surface area contributed by atoms with Gasteiger partial charge in [-0.3, -0.25) is 4.90 Å². The van der Waals surface area contributed by atoms with Crippen molar-refractivity contribution < 1.29 is 5.11 Å². The van der Waals surface area contributed by atoms with E-state index in [-0.39, 0.29) is 0 Å². The number of rotatable bonds is 6. The maximum atomic E-state index is 9.16. The summed E-state index contributed by atoms with van der Waals surface area (Å²) in [5, 5.41) is 9.16. The monoisotopic (exact) mass is 213 g/mol. The van der Waals surface area contributed by atoms with Crippen molar-refractivity contribution in [2.75, 3.05) is 19.7 Å². The van der Waals surface area contributed by atoms with Crippen LogP contribution >= 0.6 is 0 Å². The molecule has 0 aromatic carbocycles. The van der Waals surface area contributed by atoms with E-state index in [2.05, 4.69) is 18.7 Å². The first-order valence-corrected chi connectivity index (χ1v) is 6.65. The van der Waals surface area contributed by atoms with Gasteiger partial charge in [-0.1, -0.05) is 33.1 Å². The van der Waals surface area contributed by atoms with Gasteiger partial charge in [0, 0.05) is 12.1 Å². The van der Waals surface area contributed by atoms with Gasteiger partial charge in [0.15, 0.2) is 0 Å². The summed E-state index contributed by atoms with van der Waals surface area (Å²) in [5.41, 5.74) is 0.414. The topological polar surface area (TPSA) is 23.5 Å². The third-order valence-corrected chi connectivity index (χ3v) is 3.98. The molecule has 2 heteroatoms. The second kappa shape index (κ2) is 6.49. The standard InChI is InChI=1S/C13H27NO/c1-3-10-14(11-12-15)13(4-2)8-6-5-7-9-13/h15H,3-12H2,1-2H3. The van der Waals surface area contributed by atoms with E-state index in [0.717, 1.165) is 13.1 Å². The summed E-state index contributed by atoms with van der Waals surface area (Å²) in [7, 11) is 0. The van der Waals surface area contributed by atoms with Crippen molar-refractivity contribution in [3.63, 3.8) is 0 Å². The number of aliphatic hydroxyl groups excluding tert-OH is 1. The molecule has 0 aromatic heterocycles. The number of β-amino-alcohol motifs (C(OH)–C–C–N with tert-alkyl or cyclic N) is 1. The molecule has 1 aliphatic rings. The van der Waals surface area contributed by atoms with Crippen molar-refractivity contribution in [3.8, 4) is 0 Å². The largest absolute Gasteiger partial charge is 0.395 e. The number of aliphatic hydroxyl groups is 1. The Balaban J connectivity index is 2.65. The van der Waals surface area contributed by atoms with Gasteiger partial charge in [-0.2, -0.15) is 0 Å². The summed E-state index contributed by atoms with van der Waals surface area (Å²) in [5.74, 6) is 0. The molecule has 2 nitrogen and oxygen atoms in total. The molecule has 0 amide bonds. The molecule has 0 spiro atoms. The SMILES string of the molecule is CCCN(CCO)C1(CC)CCCCC1. The highest BCUT2D eigenvalue weighted by Gasteiger charge is 2.35. The fourth-order valence-corrected chi connectivity index (χ4v) is 3.08. The molecule has 1 fully saturated rings. The third kappa shape index (κ3) is 3.18. The molecule has 0 bridgehead atoms. The van der Waals surface area contributed by atoms with Crippen LogP contribution in [0, 0.1) is 0 Å². The molecule has 1 rings (SSSR count). The van der Waals surface area contributed by atoms with Crippen molar-refractivity contribution in [2.45, 2.75) is 64.3 Å². The molecule has 0 aliphatic heterocycles. The smallest absolute Gasteiger partial charge is 0.0558 e. The van der Waals surface area contributed by atoms with Crippen LogP contribution in [-0.4, -0.2) is 35.2 Å². The minimum absolute atomic E-state index is 0.307. The zero-order valence-corrected chi connectivity index (χ0v) is 10.5. The lowest BCUT2D eigenvalue weighted by atomic mass is 9.78. The molecule has 1 saturated carbocycles. The third-order valence-electron chi connectivity index (χ3n) is 3.98. The molecule has 0 unspecified atom stereocenters. The molecule has 15 heavy (non-hydrogen) atoms. The van der Waals surface area contributed by atoms with Crippen molar-refractivity contribution >= 4 is 0 Å². The number of hydrogen-bond donors (Lipinski definition) is 1. The summed E-state index contributed by atoms with van der Waals surface area (Å²) in [6, 6.07) is 0. The lowest BCUT2D eigenvalue weighted by Crippen LogP contribution is -2.51. The van der Waals surface area contributed by atoms with Gasteiger partial charge >= 0.3 is 0 Å². The zero-order chi connectivity index (χ0) is 11.1. The number of hydrogen-bond acceptors (Lipinski definition) is 2. The Hall–Kier alpha value is -0.0800. The van der Waals surface area contributed by atoms with Crippen molar-refractivity contribution in [1.29, 1.82) is 0 Å². The van der Waals surface area contributed by atoms with E-state index in [1.54, 1.807) is 0 Å². The Bertz CT molecular complexity index is 158. The van der Waals surface area contributed by atoms with Crippen LogP contribution < -0.4 is 0 Å². The highest BCUT2D eigenvalue weighted by atomic mass is 16.3. The summed E-state index contributed by atoms with van der Waals surface area (Å²) >= 11 is 0. The van der Waals surface area contributed by atoms with Crippen LogP contribution in [0.2, 0.25) is 0 Å². The lowest BCUT2D eigenvalue weighted by molar-refractivity contribution is 0.0319. The van der Waals surface area contributed by atoms with E-state index in [1.807, 2.05) is 0 Å². The van der Waals surface area contributed by atoms with E-state index < -0.39 is 0 Å². The van der Waals surface area contributed by atoms with E-state index >= 15 is 0 Å². The van der Waals surface area contributed by atoms with Gasteiger partial charge in [0.2, 0.25) is 0 Å². The zero-order valence-electron chi connectivity index (χ0n) is 10.5. The maximum absolute atomic E-state index is 9.16. The van der Waals surface area contributed by atoms with Gasteiger partial charge < -0.3 is 5.11 Å². The molecule has 90 valence electrons. The first-order chi connectivity index (χ1) is 7.29. The Morgan fingerprint density at radius 2 is 1.73 bits per heavy atom. The molecule has 1 N–H and O–H groups in total. The molecule has 0 atom stereocenters. The maximum Gasteiger partial charge on any atom is 0.0558 e. The molecule has 0 saturated heterocycles. The van der Waals surface area contributed by atoms with Crippen LogP contribution in [0.25, 0.3) is 0 Å². The van der Waals surface area contributed by atoms with Gasteiger partial charge in [0.1, 0.15) is 0 Å². The summed E-state index contributed by atoms with van der Waals surface area (Å²) in [6.45, 7) is 6.86. The Morgan fingerprint density at radius 1 is 1.07 bits per heavy atom. The van der Waals surface area contributed by atoms with Gasteiger partial charge in [-0.05, 0) is 32.2 Å². The minimum Gasteiger partial charge on any atom is -0.395 e. The minimum atomic E-state index is 0.307. The fourth-order valence-electron chi connectivity index (χ4n) is 3.08. The quantitative estimate of drug-likeness (QED) is 0.733. The van der Waals surface area contributed by atoms with Crippen LogP contribution in [0.1, 0.15) is 58.8 Å². The Morgan fingerprint density at radius 3 is 2.20 bits per heavy atom. The van der Waals surface area contributed by atoms with E-state index in [0.29, 0.717) is 12.1 Å². The fraction of sp³-hybridized carbons (Fsp3) is 1.00. The lowest BCUT2D eigenvalue weighted by Gasteiger charge is -2.46. The van der Waals surface area contributed by atoms with Gasteiger partial charge in [-0.25, -0.2) is 0 Å². The molecule has 0 heterocycles. The van der Waals surface area contributed by atoms with Crippen LogP contribution in [0.4, 0.5) is 0 Å². The summed E-state index contributed by atoms with van der Waals surface area (Å²) in [4.78, 5) is 2.55. The first kappa shape index (κ1) is 13.0. The van der Waals surface area contributed by atoms with Crippen molar-refractivity contribution in [1.82, 2.24) is 4.90 Å². The Labute approximate surface area is 94.7 Å². The predicted octanol–water partition coefficient (Wildman–Crippen LogP) is 2.80. The van der Waals surface area contributed by atoms with E-state index in [1.165, 1.54) is 44.9 Å². The molecule has 0 radical (unpaired) electrons. The van der Waals surface area contributed by atoms with E-state index in [4.69, 9.17) is 5.11 Å². The van der Waals surface area contributed by atoms with Gasteiger partial charge in [0.05, 0.1) is 6.61 Å². The molecule has 1 aliphatic carbocycles. The molecular weight excluding hydrogens is 186 g/mol. The second-order valence-corrected chi connectivity index (χ2v) is 4.85. The highest BCUT2D eigenvalue weighted by Crippen LogP contribution is 2.36. The van der Waals surface area contributed by atoms with E-state index in [9.17, 15) is 0 Å². The second-order valence-electron chi connectivity index (χ2n) is 4.85. The summed E-state index contributed by atoms with van der Waals surface area (Å²) < 4.78 is 0. The van der Waals surface area contributed by atoms with Crippen LogP contribution in [-0.2, 0) is 0 Å². The van der Waals surface area contributed by atoms with Crippen molar-refractivity contribution in [2.24, 2.45) is 0 Å². The first-order valence-electron chi connectivity index (χ1n) is 6.65. The Kier molecular flexibility index (Phi) is 5.62. The van der Waals surface area contributed by atoms with Gasteiger partial charge in [-0.15, -0.1) is 0 Å². The summed E-state index contributed by atoms with van der Waals surface area (Å²) in [6.07, 6.45) is 9.27. The van der Waals surface area contributed by atoms with Crippen LogP contribution in [0.5, 0.6) is 0 Å². The van der Waals surface area contributed by atoms with Gasteiger partial charge in [0.25, 0.3) is 0 Å². The van der Waals surface area contributed by atoms with Crippen LogP contribution in [0.3, 0.4) is 0 Å². The average Bonchev–Trinajstić information content (AvgIpc) is 2.30. The van der Waals surface area contributed by atoms with Crippen molar-refractivity contribution in [3.05, 3.63) is 0 Å². The van der Waals surface area contributed by atoms with Crippen LogP contribution in [0.15, 0.2) is 0 Å². The molecular formula is C13H27NO. The molecule has 0 aromatic rings. The predicted molar refractivity (Wildman–Crippen MR) is 65.1 cm³/mol. The average molecular weight is 213 g/mol. The number of nitrogens with zero attached hydrogens (tertiary/aromatic N) is 1. The highest BCUT2D eigenvalue weighted by molar-refractivity contribution is 4.91.